The molecule has 0 bridgehead atoms. The van der Waals surface area contributed by atoms with E-state index in [1.807, 2.05) is 0 Å². The number of nitrogens with zero attached hydrogens (tertiary/aromatic N) is 6. The number of ether oxygens (including phenoxy) is 2. The number of aromatic nitrogens is 6. The second-order valence-electron chi connectivity index (χ2n) is 8.70. The van der Waals surface area contributed by atoms with E-state index in [4.69, 9.17) is 44.3 Å². The van der Waals surface area contributed by atoms with Crippen LogP contribution in [0.3, 0.4) is 0 Å². The molecule has 1 aliphatic heterocycles. The van der Waals surface area contributed by atoms with Crippen molar-refractivity contribution in [3.63, 3.8) is 0 Å². The van der Waals surface area contributed by atoms with E-state index in [1.165, 1.54) is 28.6 Å². The van der Waals surface area contributed by atoms with Crippen molar-refractivity contribution in [2.24, 2.45) is 0 Å². The largest absolute Gasteiger partial charge is 0.394 e. The number of halogens is 4. The first-order valence-electron chi connectivity index (χ1n) is 11.4. The van der Waals surface area contributed by atoms with Gasteiger partial charge in [0.1, 0.15) is 47.8 Å². The Morgan fingerprint density at radius 2 is 1.89 bits per heavy atom. The van der Waals surface area contributed by atoms with Gasteiger partial charge in [-0.05, 0) is 37.3 Å². The number of aliphatic hydroxyl groups is 2. The first-order valence-corrected chi connectivity index (χ1v) is 12.6. The van der Waals surface area contributed by atoms with Crippen molar-refractivity contribution in [3.8, 4) is 16.9 Å². The lowest BCUT2D eigenvalue weighted by molar-refractivity contribution is -0.217. The van der Waals surface area contributed by atoms with E-state index in [1.54, 1.807) is 37.4 Å². The zero-order valence-electron chi connectivity index (χ0n) is 20.0. The molecule has 0 aliphatic carbocycles. The quantitative estimate of drug-likeness (QED) is 0.350. The van der Waals surface area contributed by atoms with Gasteiger partial charge >= 0.3 is 0 Å². The molecule has 5 atom stereocenters. The summed E-state index contributed by atoms with van der Waals surface area (Å²) in [5, 5.41) is 34.8. The van der Waals surface area contributed by atoms with Crippen LogP contribution >= 0.6 is 34.8 Å². The number of benzene rings is 2. The molecule has 0 spiro atoms. The van der Waals surface area contributed by atoms with Gasteiger partial charge in [-0.15, -0.1) is 5.10 Å². The summed E-state index contributed by atoms with van der Waals surface area (Å²) in [4.78, 5) is 4.55. The monoisotopic (exact) mass is 582 g/mol. The summed E-state index contributed by atoms with van der Waals surface area (Å²) >= 11 is 18.5. The molecule has 4 aromatic rings. The summed E-state index contributed by atoms with van der Waals surface area (Å²) in [6, 6.07) is 8.30. The number of aryl methyl sites for hydroxylation is 1. The van der Waals surface area contributed by atoms with Crippen molar-refractivity contribution in [2.75, 3.05) is 13.7 Å². The van der Waals surface area contributed by atoms with E-state index in [-0.39, 0.29) is 5.02 Å². The van der Waals surface area contributed by atoms with Crippen LogP contribution in [0.5, 0.6) is 0 Å². The third-order valence-corrected chi connectivity index (χ3v) is 7.16. The van der Waals surface area contributed by atoms with Crippen molar-refractivity contribution < 1.29 is 24.1 Å². The molecule has 2 aromatic carbocycles. The summed E-state index contributed by atoms with van der Waals surface area (Å²) in [5.41, 5.74) is 1.25. The second kappa shape index (κ2) is 10.9. The molecule has 1 saturated heterocycles. The van der Waals surface area contributed by atoms with E-state index in [0.29, 0.717) is 38.6 Å². The van der Waals surface area contributed by atoms with Gasteiger partial charge in [0, 0.05) is 17.7 Å². The molecule has 1 aliphatic rings. The maximum atomic E-state index is 14.0. The van der Waals surface area contributed by atoms with Gasteiger partial charge in [0.25, 0.3) is 0 Å². The van der Waals surface area contributed by atoms with Crippen LogP contribution in [-0.4, -0.2) is 72.0 Å². The van der Waals surface area contributed by atoms with Gasteiger partial charge < -0.3 is 19.7 Å². The fourth-order valence-corrected chi connectivity index (χ4v) is 5.00. The first-order chi connectivity index (χ1) is 18.2. The molecular weight excluding hydrogens is 562 g/mol. The zero-order valence-corrected chi connectivity index (χ0v) is 22.3. The van der Waals surface area contributed by atoms with Gasteiger partial charge in [0.2, 0.25) is 0 Å². The van der Waals surface area contributed by atoms with Crippen LogP contribution < -0.4 is 0 Å². The summed E-state index contributed by atoms with van der Waals surface area (Å²) in [5.74, 6) is 0.133. The fraction of sp³-hybridized carbons (Fsp3) is 0.333. The van der Waals surface area contributed by atoms with Gasteiger partial charge in [-0.25, -0.2) is 18.7 Å². The molecule has 2 N–H and O–H groups in total. The standard InChI is InChI=1S/C24H22Cl3FN6O4/c1-11-29-24(34(31-11)18-8-13(25)4-6-15(18)27)23-22(37-2)20(21(36)19(10-35)38-23)33-9-17(30-32-33)12-3-5-14(26)16(28)7-12/h3-9,19-23,35-36H,10H2,1-2H3/t19-,20+,21+,22-,23-/m1/s1. The minimum atomic E-state index is -1.25. The van der Waals surface area contributed by atoms with Crippen molar-refractivity contribution in [1.82, 2.24) is 29.8 Å². The maximum Gasteiger partial charge on any atom is 0.164 e. The SMILES string of the molecule is CO[C@@H]1[C@@H](n2cc(-c3ccc(Cl)c(F)c3)nn2)[C@@H](O)[C@@H](CO)O[C@H]1c1nc(C)nn1-c1cc(Cl)ccc1Cl. The zero-order chi connectivity index (χ0) is 27.1. The average Bonchev–Trinajstić information content (AvgIpc) is 3.53. The number of hydrogen-bond acceptors (Lipinski definition) is 8. The third kappa shape index (κ3) is 4.91. The van der Waals surface area contributed by atoms with Crippen LogP contribution in [0.1, 0.15) is 23.8 Å². The Morgan fingerprint density at radius 1 is 1.13 bits per heavy atom. The van der Waals surface area contributed by atoms with Crippen LogP contribution in [0.4, 0.5) is 4.39 Å². The Kier molecular flexibility index (Phi) is 7.70. The molecule has 0 saturated carbocycles. The first kappa shape index (κ1) is 26.9. The van der Waals surface area contributed by atoms with Gasteiger partial charge in [0.15, 0.2) is 5.82 Å². The lowest BCUT2D eigenvalue weighted by Gasteiger charge is -2.43. The van der Waals surface area contributed by atoms with E-state index < -0.39 is 42.9 Å². The van der Waals surface area contributed by atoms with E-state index in [0.717, 1.165) is 0 Å². The van der Waals surface area contributed by atoms with E-state index in [9.17, 15) is 14.6 Å². The average molecular weight is 584 g/mol. The smallest absolute Gasteiger partial charge is 0.164 e. The summed E-state index contributed by atoms with van der Waals surface area (Å²) in [7, 11) is 1.45. The van der Waals surface area contributed by atoms with E-state index >= 15 is 0 Å². The number of aliphatic hydroxyl groups excluding tert-OH is 2. The highest BCUT2D eigenvalue weighted by molar-refractivity contribution is 6.34. The van der Waals surface area contributed by atoms with Crippen LogP contribution in [0.25, 0.3) is 16.9 Å². The molecule has 1 fully saturated rings. The van der Waals surface area contributed by atoms with E-state index in [2.05, 4.69) is 20.4 Å². The third-order valence-electron chi connectivity index (χ3n) is 6.30. The fourth-order valence-electron chi connectivity index (χ4n) is 4.52. The highest BCUT2D eigenvalue weighted by Gasteiger charge is 2.49. The molecule has 0 unspecified atom stereocenters. The highest BCUT2D eigenvalue weighted by Crippen LogP contribution is 2.40. The van der Waals surface area contributed by atoms with Crippen molar-refractivity contribution >= 4 is 34.8 Å². The molecule has 10 nitrogen and oxygen atoms in total. The van der Waals surface area contributed by atoms with Crippen LogP contribution in [0.15, 0.2) is 42.6 Å². The lowest BCUT2D eigenvalue weighted by Crippen LogP contribution is -2.53. The molecule has 0 radical (unpaired) electrons. The molecule has 38 heavy (non-hydrogen) atoms. The molecular formula is C24H22Cl3FN6O4. The number of rotatable bonds is 6. The van der Waals surface area contributed by atoms with Crippen molar-refractivity contribution in [2.45, 2.75) is 37.4 Å². The predicted molar refractivity (Wildman–Crippen MR) is 137 cm³/mol. The molecule has 0 amide bonds. The summed E-state index contributed by atoms with van der Waals surface area (Å²) < 4.78 is 28.9. The Morgan fingerprint density at radius 3 is 2.61 bits per heavy atom. The van der Waals surface area contributed by atoms with Crippen LogP contribution in [0, 0.1) is 12.7 Å². The normalized spacial score (nSPS) is 23.6. The summed E-state index contributed by atoms with van der Waals surface area (Å²) in [6.07, 6.45) is -2.53. The second-order valence-corrected chi connectivity index (χ2v) is 9.95. The van der Waals surface area contributed by atoms with Crippen LogP contribution in [-0.2, 0) is 9.47 Å². The minimum Gasteiger partial charge on any atom is -0.394 e. The molecule has 5 rings (SSSR count). The Labute approximate surface area is 231 Å². The predicted octanol–water partition coefficient (Wildman–Crippen LogP) is 3.98. The molecule has 2 aromatic heterocycles. The summed E-state index contributed by atoms with van der Waals surface area (Å²) in [6.45, 7) is 1.20. The van der Waals surface area contributed by atoms with Crippen LogP contribution in [0.2, 0.25) is 15.1 Å². The Balaban J connectivity index is 1.58. The van der Waals surface area contributed by atoms with Gasteiger partial charge in [-0.2, -0.15) is 5.10 Å². The highest BCUT2D eigenvalue weighted by atomic mass is 35.5. The molecule has 3 heterocycles. The molecule has 200 valence electrons. The Bertz CT molecular complexity index is 1470. The lowest BCUT2D eigenvalue weighted by atomic mass is 9.92. The maximum absolute atomic E-state index is 14.0. The van der Waals surface area contributed by atoms with Crippen molar-refractivity contribution in [1.29, 1.82) is 0 Å². The molecule has 14 heteroatoms. The van der Waals surface area contributed by atoms with Gasteiger partial charge in [0.05, 0.1) is 28.5 Å². The topological polar surface area (TPSA) is 120 Å². The minimum absolute atomic E-state index is 0.0201. The van der Waals surface area contributed by atoms with Crippen molar-refractivity contribution in [3.05, 3.63) is 75.1 Å². The van der Waals surface area contributed by atoms with Gasteiger partial charge in [-0.3, -0.25) is 0 Å². The number of hydrogen-bond donors (Lipinski definition) is 2. The Hall–Kier alpha value is -2.64. The van der Waals surface area contributed by atoms with Gasteiger partial charge in [-0.1, -0.05) is 46.1 Å². The number of methoxy groups -OCH3 is 1.